The van der Waals surface area contributed by atoms with Crippen LogP contribution in [0.2, 0.25) is 0 Å². The summed E-state index contributed by atoms with van der Waals surface area (Å²) in [6, 6.07) is 25.4. The van der Waals surface area contributed by atoms with Gasteiger partial charge in [-0.15, -0.1) is 34.0 Å². The molecule has 0 saturated carbocycles. The summed E-state index contributed by atoms with van der Waals surface area (Å²) in [5, 5.41) is 42.4. The molecule has 8 N–H and O–H groups in total. The van der Waals surface area contributed by atoms with Gasteiger partial charge in [0.25, 0.3) is 16.7 Å². The maximum atomic E-state index is 12.2. The van der Waals surface area contributed by atoms with Crippen LogP contribution in [0, 0.1) is 0 Å². The van der Waals surface area contributed by atoms with Crippen molar-refractivity contribution in [3.8, 4) is 0 Å². The molecule has 5 saturated heterocycles. The number of amides is 1. The second-order valence-electron chi connectivity index (χ2n) is 17.6. The molecule has 66 heavy (non-hydrogen) atoms. The fourth-order valence-corrected chi connectivity index (χ4v) is 10.4. The first-order valence-electron chi connectivity index (χ1n) is 22.9. The minimum Gasteiger partial charge on any atom is -0.450 e. The summed E-state index contributed by atoms with van der Waals surface area (Å²) >= 11 is 0. The van der Waals surface area contributed by atoms with Gasteiger partial charge in [0.05, 0.1) is 22.8 Å². The Balaban J connectivity index is 0.000000147. The van der Waals surface area contributed by atoms with E-state index in [1.54, 1.807) is 6.07 Å². The van der Waals surface area contributed by atoms with Crippen molar-refractivity contribution < 1.29 is 9.53 Å². The smallest absolute Gasteiger partial charge is 0.410 e. The van der Waals surface area contributed by atoms with Gasteiger partial charge in [-0.1, -0.05) is 54.6 Å². The number of nitrogens with one attached hydrogen (secondary N) is 8. The molecule has 3 aromatic carbocycles. The highest BCUT2D eigenvalue weighted by atomic mass is 79.9. The predicted octanol–water partition coefficient (Wildman–Crippen LogP) is 6.74. The largest absolute Gasteiger partial charge is 0.450 e. The summed E-state index contributed by atoms with van der Waals surface area (Å²) in [5.41, 5.74) is -0.446. The lowest BCUT2D eigenvalue weighted by Gasteiger charge is -2.38. The molecule has 19 heteroatoms. The SMILES string of the molecule is Br.Br.CCOC(=O)N1[C@@H]2CC[C@H]1CC(Nc1n[nH]c(=O)c3ccccc13)C2.O=c1[nH]nc(NC2CCCNCC2)c2ccccc12.O=c1[nH]nc(NC2C[C@H]3CC[C@@H](C2)N3)c2ccccc12. The molecular weight excluding hydrogens is 972 g/mol. The number of hydrogen-bond acceptors (Lipinski definition) is 13. The third kappa shape index (κ3) is 11.1. The molecule has 4 bridgehead atoms. The molecule has 7 atom stereocenters. The first-order chi connectivity index (χ1) is 31.3. The highest BCUT2D eigenvalue weighted by molar-refractivity contribution is 8.93. The lowest BCUT2D eigenvalue weighted by atomic mass is 9.97. The molecule has 352 valence electrons. The van der Waals surface area contributed by atoms with E-state index in [9.17, 15) is 19.2 Å². The molecule has 0 spiro atoms. The topological polar surface area (TPSA) is 227 Å². The van der Waals surface area contributed by atoms with E-state index in [0.29, 0.717) is 52.8 Å². The molecule has 0 aliphatic carbocycles. The normalized spacial score (nSPS) is 24.0. The van der Waals surface area contributed by atoms with Crippen molar-refractivity contribution in [2.24, 2.45) is 0 Å². The van der Waals surface area contributed by atoms with Crippen LogP contribution in [0.15, 0.2) is 87.2 Å². The van der Waals surface area contributed by atoms with Gasteiger partial charge < -0.3 is 36.2 Å². The monoisotopic (exact) mass is 1030 g/mol. The van der Waals surface area contributed by atoms with E-state index in [2.05, 4.69) is 57.2 Å². The first kappa shape index (κ1) is 48.6. The second-order valence-corrected chi connectivity index (χ2v) is 17.6. The number of carbonyl (C=O) groups is 1. The fourth-order valence-electron chi connectivity index (χ4n) is 10.4. The van der Waals surface area contributed by atoms with E-state index in [1.807, 2.05) is 78.6 Å². The molecule has 6 aromatic rings. The molecule has 5 fully saturated rings. The van der Waals surface area contributed by atoms with Crippen molar-refractivity contribution >= 4 is 89.8 Å². The number of rotatable bonds is 7. The van der Waals surface area contributed by atoms with Gasteiger partial charge in [-0.2, -0.15) is 15.3 Å². The molecule has 5 aliphatic rings. The Morgan fingerprint density at radius 2 is 1.00 bits per heavy atom. The van der Waals surface area contributed by atoms with Gasteiger partial charge in [0.15, 0.2) is 17.5 Å². The lowest BCUT2D eigenvalue weighted by Crippen LogP contribution is -2.50. The Bertz CT molecular complexity index is 2740. The molecule has 1 amide bonds. The van der Waals surface area contributed by atoms with E-state index in [1.165, 1.54) is 19.3 Å². The second kappa shape index (κ2) is 22.4. The third-order valence-electron chi connectivity index (χ3n) is 13.4. The van der Waals surface area contributed by atoms with Crippen LogP contribution >= 0.6 is 34.0 Å². The van der Waals surface area contributed by atoms with E-state index in [0.717, 1.165) is 92.3 Å². The van der Waals surface area contributed by atoms with E-state index < -0.39 is 0 Å². The number of fused-ring (bicyclic) bond motifs is 7. The van der Waals surface area contributed by atoms with Crippen LogP contribution in [0.5, 0.6) is 0 Å². The summed E-state index contributed by atoms with van der Waals surface area (Å²) in [4.78, 5) is 49.5. The zero-order valence-electron chi connectivity index (χ0n) is 37.0. The van der Waals surface area contributed by atoms with Crippen molar-refractivity contribution in [3.05, 3.63) is 104 Å². The fraction of sp³-hybridized carbons (Fsp3) is 0.468. The van der Waals surface area contributed by atoms with E-state index >= 15 is 0 Å². The summed E-state index contributed by atoms with van der Waals surface area (Å²) < 4.78 is 5.20. The molecule has 8 heterocycles. The number of ether oxygens (including phenoxy) is 1. The number of hydrogen-bond donors (Lipinski definition) is 8. The molecule has 17 nitrogen and oxygen atoms in total. The predicted molar refractivity (Wildman–Crippen MR) is 271 cm³/mol. The molecule has 3 aromatic heterocycles. The molecule has 0 radical (unpaired) electrons. The van der Waals surface area contributed by atoms with Gasteiger partial charge in [-0.3, -0.25) is 14.4 Å². The van der Waals surface area contributed by atoms with Crippen molar-refractivity contribution in [2.45, 2.75) is 120 Å². The molecule has 3 unspecified atom stereocenters. The number of benzene rings is 3. The number of anilines is 3. The van der Waals surface area contributed by atoms with Crippen LogP contribution < -0.4 is 43.3 Å². The van der Waals surface area contributed by atoms with Crippen molar-refractivity contribution in [1.82, 2.24) is 46.1 Å². The average Bonchev–Trinajstić information content (AvgIpc) is 3.65. The van der Waals surface area contributed by atoms with Gasteiger partial charge in [-0.05, 0) is 109 Å². The van der Waals surface area contributed by atoms with Gasteiger partial charge in [0.2, 0.25) is 0 Å². The molecule has 11 rings (SSSR count). The van der Waals surface area contributed by atoms with E-state index in [4.69, 9.17) is 4.74 Å². The summed E-state index contributed by atoms with van der Waals surface area (Å²) in [6.07, 6.45) is 11.8. The highest BCUT2D eigenvalue weighted by Crippen LogP contribution is 2.38. The minimum absolute atomic E-state index is 0. The lowest BCUT2D eigenvalue weighted by molar-refractivity contribution is 0.0711. The van der Waals surface area contributed by atoms with Crippen LogP contribution in [-0.2, 0) is 4.74 Å². The zero-order chi connectivity index (χ0) is 44.0. The zero-order valence-corrected chi connectivity index (χ0v) is 40.4. The van der Waals surface area contributed by atoms with Gasteiger partial charge in [0.1, 0.15) is 0 Å². The van der Waals surface area contributed by atoms with E-state index in [-0.39, 0.29) is 74.9 Å². The van der Waals surface area contributed by atoms with Gasteiger partial charge in [-0.25, -0.2) is 20.1 Å². The van der Waals surface area contributed by atoms with Crippen LogP contribution in [0.1, 0.15) is 77.6 Å². The van der Waals surface area contributed by atoms with Crippen LogP contribution in [0.4, 0.5) is 22.2 Å². The Hall–Kier alpha value is -5.37. The summed E-state index contributed by atoms with van der Waals surface area (Å²) in [5.74, 6) is 2.28. The van der Waals surface area contributed by atoms with Crippen molar-refractivity contribution in [1.29, 1.82) is 0 Å². The first-order valence-corrected chi connectivity index (χ1v) is 22.9. The number of carbonyl (C=O) groups excluding carboxylic acids is 1. The Morgan fingerprint density at radius 3 is 1.45 bits per heavy atom. The van der Waals surface area contributed by atoms with Crippen molar-refractivity contribution in [2.75, 3.05) is 35.6 Å². The minimum atomic E-state index is -0.193. The van der Waals surface area contributed by atoms with Gasteiger partial charge in [0, 0.05) is 58.5 Å². The molecule has 5 aliphatic heterocycles. The standard InChI is InChI=1S/C18H22N4O3.C15H18N4O.C14H18N4O.2BrH/c1-2-25-18(24)22-12-7-8-13(22)10-11(9-12)19-16-14-5-3-4-6-15(14)17(23)21-20-16;20-15-13-4-2-1-3-12(13)14(18-19-15)17-11-7-9-5-6-10(8-11)16-9;19-14-12-6-2-1-5-11(12)13(17-18-14)16-10-4-3-8-15-9-7-10;;/h3-6,11-13H,2,7-10H2,1H3,(H,19,20)(H,21,23);1-4,9-11,16H,5-8H2,(H,17,18)(H,19,20);1-2,5-6,10,15H,3-4,7-9H2,(H,16,17)(H,18,19);2*1H/t11?,12-,13+;9-,10+,11?;;;. The maximum Gasteiger partial charge on any atom is 0.410 e. The van der Waals surface area contributed by atoms with Crippen LogP contribution in [0.3, 0.4) is 0 Å². The number of aromatic nitrogens is 6. The maximum absolute atomic E-state index is 12.2. The Labute approximate surface area is 402 Å². The van der Waals surface area contributed by atoms with Gasteiger partial charge >= 0.3 is 6.09 Å². The number of nitrogens with zero attached hydrogens (tertiary/aromatic N) is 4. The number of H-pyrrole nitrogens is 3. The number of halogens is 2. The summed E-state index contributed by atoms with van der Waals surface area (Å²) in [7, 11) is 0. The average molecular weight is 1030 g/mol. The third-order valence-corrected chi connectivity index (χ3v) is 13.4. The molecular formula is C47H60Br2N12O5. The summed E-state index contributed by atoms with van der Waals surface area (Å²) in [6.45, 7) is 4.35. The van der Waals surface area contributed by atoms with Crippen LogP contribution in [0.25, 0.3) is 32.3 Å². The number of piperidine rings is 2. The quantitative estimate of drug-likeness (QED) is 0.0831. The van der Waals surface area contributed by atoms with Crippen LogP contribution in [-0.4, -0.2) is 104 Å². The van der Waals surface area contributed by atoms with Crippen molar-refractivity contribution in [3.63, 3.8) is 0 Å². The Morgan fingerprint density at radius 1 is 0.576 bits per heavy atom. The highest BCUT2D eigenvalue weighted by Gasteiger charge is 2.44. The Kier molecular flexibility index (Phi) is 16.5. The number of aromatic amines is 3.